The summed E-state index contributed by atoms with van der Waals surface area (Å²) in [7, 11) is 0. The lowest BCUT2D eigenvalue weighted by Crippen LogP contribution is -2.26. The Bertz CT molecular complexity index is 776. The molecule has 27 heavy (non-hydrogen) atoms. The minimum atomic E-state index is -0.320. The molecule has 3 rings (SSSR count). The first-order valence-corrected chi connectivity index (χ1v) is 9.16. The van der Waals surface area contributed by atoms with Crippen molar-refractivity contribution < 1.29 is 23.4 Å². The van der Waals surface area contributed by atoms with Gasteiger partial charge in [0.05, 0.1) is 13.2 Å². The van der Waals surface area contributed by atoms with E-state index >= 15 is 0 Å². The van der Waals surface area contributed by atoms with Gasteiger partial charge in [-0.25, -0.2) is 4.39 Å². The van der Waals surface area contributed by atoms with E-state index in [1.54, 1.807) is 0 Å². The van der Waals surface area contributed by atoms with Crippen LogP contribution in [0.2, 0.25) is 0 Å². The predicted octanol–water partition coefficient (Wildman–Crippen LogP) is 3.38. The summed E-state index contributed by atoms with van der Waals surface area (Å²) in [6.07, 6.45) is 1.57. The number of ether oxygens (including phenoxy) is 3. The van der Waals surface area contributed by atoms with Crippen LogP contribution in [0.4, 0.5) is 4.39 Å². The normalized spacial score (nSPS) is 12.8. The van der Waals surface area contributed by atoms with E-state index in [1.165, 1.54) is 12.1 Å². The maximum Gasteiger partial charge on any atom is 0.220 e. The number of rotatable bonds is 8. The van der Waals surface area contributed by atoms with Crippen LogP contribution in [0.25, 0.3) is 0 Å². The predicted molar refractivity (Wildman–Crippen MR) is 99.3 cm³/mol. The molecule has 0 saturated heterocycles. The topological polar surface area (TPSA) is 56.8 Å². The first-order valence-electron chi connectivity index (χ1n) is 9.16. The molecule has 2 aromatic rings. The SMILES string of the molecule is CCOc1ccc(CCC(=O)NCCc2cc(F)cc3c2OCOC3)cc1. The molecule has 2 aromatic carbocycles. The minimum Gasteiger partial charge on any atom is -0.494 e. The highest BCUT2D eigenvalue weighted by molar-refractivity contribution is 5.76. The highest BCUT2D eigenvalue weighted by Crippen LogP contribution is 2.29. The molecule has 5 nitrogen and oxygen atoms in total. The fraction of sp³-hybridized carbons (Fsp3) is 0.381. The van der Waals surface area contributed by atoms with Crippen LogP contribution in [-0.4, -0.2) is 25.9 Å². The van der Waals surface area contributed by atoms with Gasteiger partial charge in [0.2, 0.25) is 5.91 Å². The lowest BCUT2D eigenvalue weighted by molar-refractivity contribution is -0.121. The Labute approximate surface area is 158 Å². The number of carbonyl (C=O) groups is 1. The summed E-state index contributed by atoms with van der Waals surface area (Å²) < 4.78 is 29.8. The molecule has 0 bridgehead atoms. The number of aryl methyl sites for hydroxylation is 1. The Kier molecular flexibility index (Phi) is 6.65. The van der Waals surface area contributed by atoms with Gasteiger partial charge in [0.15, 0.2) is 6.79 Å². The monoisotopic (exact) mass is 373 g/mol. The first-order chi connectivity index (χ1) is 13.2. The van der Waals surface area contributed by atoms with E-state index in [1.807, 2.05) is 31.2 Å². The number of carbonyl (C=O) groups excluding carboxylic acids is 1. The van der Waals surface area contributed by atoms with Gasteiger partial charge in [-0.1, -0.05) is 12.1 Å². The maximum atomic E-state index is 13.7. The third-order valence-corrected chi connectivity index (χ3v) is 4.34. The molecule has 1 aliphatic rings. The molecule has 0 unspecified atom stereocenters. The lowest BCUT2D eigenvalue weighted by atomic mass is 10.1. The molecule has 0 atom stereocenters. The van der Waals surface area contributed by atoms with Crippen LogP contribution in [0.1, 0.15) is 30.0 Å². The molecule has 0 aromatic heterocycles. The Morgan fingerprint density at radius 1 is 1.22 bits per heavy atom. The maximum absolute atomic E-state index is 13.7. The van der Waals surface area contributed by atoms with E-state index in [-0.39, 0.29) is 18.5 Å². The molecule has 0 saturated carbocycles. The summed E-state index contributed by atoms with van der Waals surface area (Å²) in [4.78, 5) is 12.1. The van der Waals surface area contributed by atoms with Crippen molar-refractivity contribution in [2.45, 2.75) is 32.8 Å². The minimum absolute atomic E-state index is 0.0293. The first kappa shape index (κ1) is 19.2. The molecule has 1 amide bonds. The zero-order valence-electron chi connectivity index (χ0n) is 15.4. The Hall–Kier alpha value is -2.60. The summed E-state index contributed by atoms with van der Waals surface area (Å²) in [6.45, 7) is 3.52. The number of nitrogens with one attached hydrogen (secondary N) is 1. The van der Waals surface area contributed by atoms with Crippen molar-refractivity contribution in [1.82, 2.24) is 5.32 Å². The van der Waals surface area contributed by atoms with Crippen LogP contribution in [0.15, 0.2) is 36.4 Å². The number of benzene rings is 2. The van der Waals surface area contributed by atoms with Crippen LogP contribution in [0.5, 0.6) is 11.5 Å². The Balaban J connectivity index is 1.45. The highest BCUT2D eigenvalue weighted by atomic mass is 19.1. The molecule has 6 heteroatoms. The summed E-state index contributed by atoms with van der Waals surface area (Å²) >= 11 is 0. The summed E-state index contributed by atoms with van der Waals surface area (Å²) in [5.41, 5.74) is 2.54. The average Bonchev–Trinajstić information content (AvgIpc) is 2.67. The van der Waals surface area contributed by atoms with Crippen LogP contribution >= 0.6 is 0 Å². The standard InChI is InChI=1S/C21H24FNO4/c1-2-26-19-6-3-15(4-7-19)5-8-20(24)23-10-9-16-11-18(22)12-17-13-25-14-27-21(16)17/h3-4,6-7,11-12H,2,5,8-10,13-14H2,1H3,(H,23,24). The number of hydrogen-bond acceptors (Lipinski definition) is 4. The van der Waals surface area contributed by atoms with Gasteiger partial charge in [-0.3, -0.25) is 4.79 Å². The second-order valence-electron chi connectivity index (χ2n) is 6.34. The van der Waals surface area contributed by atoms with Crippen LogP contribution in [0, 0.1) is 5.82 Å². The van der Waals surface area contributed by atoms with Crippen molar-refractivity contribution in [3.63, 3.8) is 0 Å². The van der Waals surface area contributed by atoms with Crippen LogP contribution in [-0.2, 0) is 29.0 Å². The average molecular weight is 373 g/mol. The third-order valence-electron chi connectivity index (χ3n) is 4.34. The molecule has 0 spiro atoms. The molecule has 0 radical (unpaired) electrons. The van der Waals surface area contributed by atoms with Crippen molar-refractivity contribution in [3.05, 3.63) is 58.9 Å². The fourth-order valence-corrected chi connectivity index (χ4v) is 3.04. The molecular weight excluding hydrogens is 349 g/mol. The highest BCUT2D eigenvalue weighted by Gasteiger charge is 2.16. The molecular formula is C21H24FNO4. The zero-order valence-corrected chi connectivity index (χ0v) is 15.4. The molecule has 1 N–H and O–H groups in total. The van der Waals surface area contributed by atoms with Crippen molar-refractivity contribution in [2.24, 2.45) is 0 Å². The summed E-state index contributed by atoms with van der Waals surface area (Å²) in [6, 6.07) is 10.6. The van der Waals surface area contributed by atoms with E-state index in [9.17, 15) is 9.18 Å². The zero-order chi connectivity index (χ0) is 19.1. The van der Waals surface area contributed by atoms with Gasteiger partial charge in [-0.15, -0.1) is 0 Å². The number of hydrogen-bond donors (Lipinski definition) is 1. The van der Waals surface area contributed by atoms with Crippen molar-refractivity contribution in [3.8, 4) is 11.5 Å². The number of amides is 1. The van der Waals surface area contributed by atoms with Crippen molar-refractivity contribution >= 4 is 5.91 Å². The van der Waals surface area contributed by atoms with Gasteiger partial charge in [-0.05, 0) is 55.2 Å². The van der Waals surface area contributed by atoms with Crippen LogP contribution in [0.3, 0.4) is 0 Å². The Morgan fingerprint density at radius 2 is 2.04 bits per heavy atom. The largest absolute Gasteiger partial charge is 0.494 e. The fourth-order valence-electron chi connectivity index (χ4n) is 3.04. The third kappa shape index (κ3) is 5.44. The smallest absolute Gasteiger partial charge is 0.220 e. The van der Waals surface area contributed by atoms with E-state index in [0.717, 1.165) is 16.9 Å². The van der Waals surface area contributed by atoms with E-state index < -0.39 is 0 Å². The lowest BCUT2D eigenvalue weighted by Gasteiger charge is -2.21. The molecule has 1 heterocycles. The number of halogens is 1. The quantitative estimate of drug-likeness (QED) is 0.771. The second kappa shape index (κ2) is 9.37. The van der Waals surface area contributed by atoms with Crippen molar-refractivity contribution in [1.29, 1.82) is 0 Å². The number of fused-ring (bicyclic) bond motifs is 1. The van der Waals surface area contributed by atoms with Crippen LogP contribution < -0.4 is 14.8 Å². The Morgan fingerprint density at radius 3 is 2.81 bits per heavy atom. The van der Waals surface area contributed by atoms with E-state index in [2.05, 4.69) is 5.32 Å². The molecule has 0 fully saturated rings. The molecule has 0 aliphatic carbocycles. The van der Waals surface area contributed by atoms with Crippen molar-refractivity contribution in [2.75, 3.05) is 19.9 Å². The van der Waals surface area contributed by atoms with Gasteiger partial charge >= 0.3 is 0 Å². The molecule has 1 aliphatic heterocycles. The second-order valence-corrected chi connectivity index (χ2v) is 6.34. The van der Waals surface area contributed by atoms with Gasteiger partial charge in [0.25, 0.3) is 0 Å². The van der Waals surface area contributed by atoms with Gasteiger partial charge < -0.3 is 19.5 Å². The van der Waals surface area contributed by atoms with Gasteiger partial charge in [-0.2, -0.15) is 0 Å². The summed E-state index contributed by atoms with van der Waals surface area (Å²) in [5, 5.41) is 2.89. The van der Waals surface area contributed by atoms with E-state index in [0.29, 0.717) is 50.3 Å². The van der Waals surface area contributed by atoms with Gasteiger partial charge in [0, 0.05) is 18.5 Å². The summed E-state index contributed by atoms with van der Waals surface area (Å²) in [5.74, 6) is 1.15. The van der Waals surface area contributed by atoms with E-state index in [4.69, 9.17) is 14.2 Å². The van der Waals surface area contributed by atoms with Gasteiger partial charge in [0.1, 0.15) is 17.3 Å². The molecule has 144 valence electrons.